The van der Waals surface area contributed by atoms with Crippen molar-refractivity contribution in [2.24, 2.45) is 0 Å². The molecule has 1 aromatic carbocycles. The number of carbonyl (C=O) groups is 1. The number of fused-ring (bicyclic) bond motifs is 2. The predicted molar refractivity (Wildman–Crippen MR) is 65.1 cm³/mol. The molecule has 1 aliphatic rings. The number of benzene rings is 1. The average molecular weight is 244 g/mol. The number of hydrogen-bond acceptors (Lipinski definition) is 4. The van der Waals surface area contributed by atoms with Crippen molar-refractivity contribution in [1.29, 1.82) is 0 Å². The maximum atomic E-state index is 12.2. The van der Waals surface area contributed by atoms with Gasteiger partial charge in [0.1, 0.15) is 0 Å². The Labute approximate surface area is 103 Å². The van der Waals surface area contributed by atoms with Gasteiger partial charge in [-0.05, 0) is 12.1 Å². The smallest absolute Gasteiger partial charge is 0.303 e. The zero-order chi connectivity index (χ0) is 12.7. The summed E-state index contributed by atoms with van der Waals surface area (Å²) in [6.07, 6.45) is 0.206. The van der Waals surface area contributed by atoms with E-state index in [1.165, 1.54) is 6.92 Å². The van der Waals surface area contributed by atoms with Crippen molar-refractivity contribution in [1.82, 2.24) is 9.55 Å². The lowest BCUT2D eigenvalue weighted by molar-refractivity contribution is -0.146. The van der Waals surface area contributed by atoms with Crippen molar-refractivity contribution < 1.29 is 9.53 Å². The Hall–Kier alpha value is -2.17. The van der Waals surface area contributed by atoms with Crippen molar-refractivity contribution >= 4 is 16.9 Å². The van der Waals surface area contributed by atoms with Crippen LogP contribution in [0.1, 0.15) is 25.3 Å². The Morgan fingerprint density at radius 3 is 3.00 bits per heavy atom. The summed E-state index contributed by atoms with van der Waals surface area (Å²) >= 11 is 0. The van der Waals surface area contributed by atoms with Gasteiger partial charge in [-0.1, -0.05) is 12.1 Å². The van der Waals surface area contributed by atoms with Gasteiger partial charge in [0, 0.05) is 19.9 Å². The average Bonchev–Trinajstić information content (AvgIpc) is 2.73. The van der Waals surface area contributed by atoms with Gasteiger partial charge in [0.25, 0.3) is 5.56 Å². The topological polar surface area (TPSA) is 61.2 Å². The molecule has 0 spiro atoms. The highest BCUT2D eigenvalue weighted by atomic mass is 16.5. The van der Waals surface area contributed by atoms with E-state index in [2.05, 4.69) is 4.98 Å². The first kappa shape index (κ1) is 11.0. The Kier molecular flexibility index (Phi) is 2.40. The Morgan fingerprint density at radius 2 is 2.22 bits per heavy atom. The van der Waals surface area contributed by atoms with E-state index in [1.807, 2.05) is 12.1 Å². The number of carbonyl (C=O) groups excluding carboxylic acids is 1. The minimum absolute atomic E-state index is 0.0646. The van der Waals surface area contributed by atoms with Gasteiger partial charge < -0.3 is 4.74 Å². The van der Waals surface area contributed by atoms with Crippen LogP contribution in [0.2, 0.25) is 0 Å². The number of para-hydroxylation sites is 1. The number of aromatic nitrogens is 2. The Balaban J connectivity index is 2.20. The van der Waals surface area contributed by atoms with Crippen LogP contribution >= 0.6 is 0 Å². The third-order valence-corrected chi connectivity index (χ3v) is 3.10. The maximum absolute atomic E-state index is 12.2. The number of esters is 1. The molecular formula is C13H12N2O3. The lowest BCUT2D eigenvalue weighted by Crippen LogP contribution is -2.21. The molecule has 5 heteroatoms. The highest BCUT2D eigenvalue weighted by molar-refractivity contribution is 5.77. The van der Waals surface area contributed by atoms with Crippen LogP contribution in [0, 0.1) is 0 Å². The normalized spacial score (nSPS) is 17.7. The van der Waals surface area contributed by atoms with Gasteiger partial charge in [0.05, 0.1) is 10.9 Å². The van der Waals surface area contributed by atoms with Crippen LogP contribution in [0.25, 0.3) is 10.9 Å². The van der Waals surface area contributed by atoms with Crippen LogP contribution in [-0.2, 0) is 16.1 Å². The molecule has 0 radical (unpaired) electrons. The highest BCUT2D eigenvalue weighted by Gasteiger charge is 2.28. The fraction of sp³-hybridized carbons (Fsp3) is 0.308. The van der Waals surface area contributed by atoms with Gasteiger partial charge in [-0.25, -0.2) is 4.98 Å². The molecule has 0 N–H and O–H groups in total. The molecule has 92 valence electrons. The lowest BCUT2D eigenvalue weighted by Gasteiger charge is -2.10. The zero-order valence-electron chi connectivity index (χ0n) is 9.92. The van der Waals surface area contributed by atoms with Crippen molar-refractivity contribution in [3.63, 3.8) is 0 Å². The number of nitrogens with zero attached hydrogens (tertiary/aromatic N) is 2. The van der Waals surface area contributed by atoms with E-state index in [4.69, 9.17) is 4.74 Å². The predicted octanol–water partition coefficient (Wildman–Crippen LogP) is 1.40. The van der Waals surface area contributed by atoms with E-state index in [1.54, 1.807) is 16.7 Å². The maximum Gasteiger partial charge on any atom is 0.303 e. The van der Waals surface area contributed by atoms with Crippen molar-refractivity contribution in [3.05, 3.63) is 40.4 Å². The summed E-state index contributed by atoms with van der Waals surface area (Å²) in [6.45, 7) is 1.91. The summed E-state index contributed by atoms with van der Waals surface area (Å²) in [7, 11) is 0. The van der Waals surface area contributed by atoms with Crippen LogP contribution in [0.3, 0.4) is 0 Å². The molecule has 0 bridgehead atoms. The Bertz CT molecular complexity index is 690. The summed E-state index contributed by atoms with van der Waals surface area (Å²) in [4.78, 5) is 27.7. The fourth-order valence-corrected chi connectivity index (χ4v) is 2.33. The van der Waals surface area contributed by atoms with Crippen LogP contribution in [0.5, 0.6) is 0 Å². The molecule has 1 aromatic heterocycles. The summed E-state index contributed by atoms with van der Waals surface area (Å²) in [6, 6.07) is 7.20. The second kappa shape index (κ2) is 3.94. The molecule has 2 heterocycles. The molecule has 3 rings (SSSR count). The van der Waals surface area contributed by atoms with E-state index >= 15 is 0 Å². The first-order valence-corrected chi connectivity index (χ1v) is 5.83. The van der Waals surface area contributed by atoms with Crippen molar-refractivity contribution in [2.75, 3.05) is 0 Å². The van der Waals surface area contributed by atoms with E-state index in [0.29, 0.717) is 29.7 Å². The van der Waals surface area contributed by atoms with Crippen LogP contribution in [0.15, 0.2) is 29.1 Å². The first-order valence-electron chi connectivity index (χ1n) is 5.83. The van der Waals surface area contributed by atoms with Gasteiger partial charge in [-0.2, -0.15) is 0 Å². The third kappa shape index (κ3) is 1.59. The molecular weight excluding hydrogens is 232 g/mol. The molecule has 1 aliphatic heterocycles. The second-order valence-corrected chi connectivity index (χ2v) is 4.33. The molecule has 0 aliphatic carbocycles. The fourth-order valence-electron chi connectivity index (χ4n) is 2.33. The summed E-state index contributed by atoms with van der Waals surface area (Å²) in [5, 5.41) is 0.602. The summed E-state index contributed by atoms with van der Waals surface area (Å²) in [5.41, 5.74) is 0.582. The molecule has 0 saturated heterocycles. The van der Waals surface area contributed by atoms with Crippen LogP contribution < -0.4 is 5.56 Å². The quantitative estimate of drug-likeness (QED) is 0.711. The highest BCUT2D eigenvalue weighted by Crippen LogP contribution is 2.27. The molecule has 1 unspecified atom stereocenters. The minimum atomic E-state index is -0.403. The molecule has 0 amide bonds. The van der Waals surface area contributed by atoms with Crippen molar-refractivity contribution in [2.45, 2.75) is 26.0 Å². The van der Waals surface area contributed by atoms with E-state index < -0.39 is 6.10 Å². The summed E-state index contributed by atoms with van der Waals surface area (Å²) < 4.78 is 6.77. The number of hydrogen-bond donors (Lipinski definition) is 0. The van der Waals surface area contributed by atoms with Gasteiger partial charge in [0.15, 0.2) is 11.9 Å². The largest absolute Gasteiger partial charge is 0.454 e. The lowest BCUT2D eigenvalue weighted by atomic mass is 10.2. The first-order chi connectivity index (χ1) is 8.66. The van der Waals surface area contributed by atoms with Crippen LogP contribution in [0.4, 0.5) is 0 Å². The molecule has 2 aromatic rings. The second-order valence-electron chi connectivity index (χ2n) is 4.33. The molecule has 5 nitrogen and oxygen atoms in total. The molecule has 1 atom stereocenters. The van der Waals surface area contributed by atoms with E-state index in [0.717, 1.165) is 0 Å². The standard InChI is InChI=1S/C13H12N2O3/c1-8(16)18-11-6-7-15-12(11)14-10-5-3-2-4-9(10)13(15)17/h2-5,11H,6-7H2,1H3. The third-order valence-electron chi connectivity index (χ3n) is 3.10. The van der Waals surface area contributed by atoms with Gasteiger partial charge >= 0.3 is 5.97 Å². The molecule has 0 saturated carbocycles. The minimum Gasteiger partial charge on any atom is -0.454 e. The van der Waals surface area contributed by atoms with Crippen LogP contribution in [-0.4, -0.2) is 15.5 Å². The Morgan fingerprint density at radius 1 is 1.44 bits per heavy atom. The number of ether oxygens (including phenoxy) is 1. The van der Waals surface area contributed by atoms with Gasteiger partial charge in [-0.3, -0.25) is 14.2 Å². The molecule has 0 fully saturated rings. The van der Waals surface area contributed by atoms with Gasteiger partial charge in [0.2, 0.25) is 0 Å². The van der Waals surface area contributed by atoms with E-state index in [-0.39, 0.29) is 11.5 Å². The summed E-state index contributed by atoms with van der Waals surface area (Å²) in [5.74, 6) is 0.199. The SMILES string of the molecule is CC(=O)OC1CCn2c1nc1ccccc1c2=O. The number of rotatable bonds is 1. The zero-order valence-corrected chi connectivity index (χ0v) is 9.92. The van der Waals surface area contributed by atoms with Crippen molar-refractivity contribution in [3.8, 4) is 0 Å². The molecule has 18 heavy (non-hydrogen) atoms. The van der Waals surface area contributed by atoms with E-state index in [9.17, 15) is 9.59 Å². The monoisotopic (exact) mass is 244 g/mol. The van der Waals surface area contributed by atoms with Gasteiger partial charge in [-0.15, -0.1) is 0 Å².